The molecule has 1 aliphatic rings. The van der Waals surface area contributed by atoms with Crippen molar-refractivity contribution in [3.05, 3.63) is 54.1 Å². The predicted molar refractivity (Wildman–Crippen MR) is 123 cm³/mol. The summed E-state index contributed by atoms with van der Waals surface area (Å²) in [4.78, 5) is 25.4. The number of carbonyl (C=O) groups is 1. The van der Waals surface area contributed by atoms with Crippen molar-refractivity contribution >= 4 is 28.6 Å². The van der Waals surface area contributed by atoms with Crippen LogP contribution < -0.4 is 10.2 Å². The Hall–Kier alpha value is -2.86. The summed E-state index contributed by atoms with van der Waals surface area (Å²) in [5, 5.41) is 3.13. The molecule has 30 heavy (non-hydrogen) atoms. The molecular formula is C24H31N5O. The molecule has 1 saturated heterocycles. The number of fused-ring (bicyclic) bond motifs is 1. The van der Waals surface area contributed by atoms with E-state index >= 15 is 0 Å². The number of nitrogens with zero attached hydrogens (tertiary/aromatic N) is 3. The predicted octanol–water partition coefficient (Wildman–Crippen LogP) is 4.01. The summed E-state index contributed by atoms with van der Waals surface area (Å²) in [5.74, 6) is 0.963. The van der Waals surface area contributed by atoms with E-state index in [1.807, 2.05) is 36.4 Å². The monoisotopic (exact) mass is 405 g/mol. The highest BCUT2D eigenvalue weighted by molar-refractivity contribution is 5.93. The van der Waals surface area contributed by atoms with Crippen LogP contribution in [0.25, 0.3) is 11.0 Å². The molecule has 0 radical (unpaired) electrons. The normalized spacial score (nSPS) is 15.9. The standard InChI is InChI=1S/C24H31N5O/c1-24(2,3)18-9-4-5-10-19(18)25-22(30)17-28-13-8-14-29(16-15-28)23-26-20-11-6-7-12-21(20)27-23/h4-7,9-12H,8,13-17H2,1-3H3,(H,25,30)(H,26,27). The van der Waals surface area contributed by atoms with Crippen molar-refractivity contribution in [3.8, 4) is 0 Å². The van der Waals surface area contributed by atoms with Crippen molar-refractivity contribution in [2.45, 2.75) is 32.6 Å². The number of amides is 1. The van der Waals surface area contributed by atoms with Crippen molar-refractivity contribution < 1.29 is 4.79 Å². The van der Waals surface area contributed by atoms with Crippen LogP contribution in [-0.2, 0) is 10.2 Å². The second-order valence-corrected chi connectivity index (χ2v) is 9.04. The van der Waals surface area contributed by atoms with E-state index in [0.717, 1.165) is 60.8 Å². The van der Waals surface area contributed by atoms with Crippen molar-refractivity contribution in [1.82, 2.24) is 14.9 Å². The number of hydrogen-bond acceptors (Lipinski definition) is 4. The topological polar surface area (TPSA) is 64.3 Å². The van der Waals surface area contributed by atoms with Gasteiger partial charge < -0.3 is 15.2 Å². The van der Waals surface area contributed by atoms with E-state index < -0.39 is 0 Å². The molecule has 2 heterocycles. The third kappa shape index (κ3) is 4.65. The molecule has 158 valence electrons. The van der Waals surface area contributed by atoms with E-state index in [-0.39, 0.29) is 11.3 Å². The van der Waals surface area contributed by atoms with Gasteiger partial charge in [-0.15, -0.1) is 0 Å². The van der Waals surface area contributed by atoms with E-state index in [1.165, 1.54) is 0 Å². The van der Waals surface area contributed by atoms with E-state index in [0.29, 0.717) is 6.54 Å². The number of benzene rings is 2. The van der Waals surface area contributed by atoms with E-state index in [2.05, 4.69) is 53.0 Å². The lowest BCUT2D eigenvalue weighted by atomic mass is 9.86. The summed E-state index contributed by atoms with van der Waals surface area (Å²) in [6.45, 7) is 10.4. The van der Waals surface area contributed by atoms with Gasteiger partial charge in [0.05, 0.1) is 17.6 Å². The van der Waals surface area contributed by atoms with Crippen LogP contribution >= 0.6 is 0 Å². The van der Waals surface area contributed by atoms with Gasteiger partial charge in [0.15, 0.2) is 0 Å². The van der Waals surface area contributed by atoms with Crippen LogP contribution in [0.2, 0.25) is 0 Å². The number of H-pyrrole nitrogens is 1. The van der Waals surface area contributed by atoms with Crippen LogP contribution in [0, 0.1) is 0 Å². The fourth-order valence-electron chi connectivity index (χ4n) is 4.07. The summed E-state index contributed by atoms with van der Waals surface area (Å²) in [6.07, 6.45) is 1.00. The molecule has 1 aliphatic heterocycles. The summed E-state index contributed by atoms with van der Waals surface area (Å²) < 4.78 is 0. The van der Waals surface area contributed by atoms with Crippen molar-refractivity contribution in [3.63, 3.8) is 0 Å². The SMILES string of the molecule is CC(C)(C)c1ccccc1NC(=O)CN1CCCN(c2nc3ccccc3[nH]2)CC1. The van der Waals surface area contributed by atoms with Gasteiger partial charge in [0.25, 0.3) is 0 Å². The summed E-state index contributed by atoms with van der Waals surface area (Å²) in [6, 6.07) is 16.2. The molecule has 2 aromatic carbocycles. The maximum Gasteiger partial charge on any atom is 0.238 e. The third-order valence-electron chi connectivity index (χ3n) is 5.64. The molecule has 0 bridgehead atoms. The highest BCUT2D eigenvalue weighted by Gasteiger charge is 2.21. The lowest BCUT2D eigenvalue weighted by Gasteiger charge is -2.24. The zero-order valence-corrected chi connectivity index (χ0v) is 18.1. The number of carbonyl (C=O) groups excluding carboxylic acids is 1. The van der Waals surface area contributed by atoms with Gasteiger partial charge in [0.2, 0.25) is 11.9 Å². The molecule has 1 amide bonds. The Morgan fingerprint density at radius 1 is 1.03 bits per heavy atom. The molecule has 1 aromatic heterocycles. The van der Waals surface area contributed by atoms with Crippen molar-refractivity contribution in [2.75, 3.05) is 42.9 Å². The maximum atomic E-state index is 12.8. The average molecular weight is 406 g/mol. The Morgan fingerprint density at radius 2 is 1.80 bits per heavy atom. The van der Waals surface area contributed by atoms with E-state index in [9.17, 15) is 4.79 Å². The molecule has 0 aliphatic carbocycles. The van der Waals surface area contributed by atoms with Gasteiger partial charge in [-0.25, -0.2) is 4.98 Å². The average Bonchev–Trinajstić information content (AvgIpc) is 3.00. The number of anilines is 2. The van der Waals surface area contributed by atoms with E-state index in [1.54, 1.807) is 0 Å². The first-order valence-corrected chi connectivity index (χ1v) is 10.7. The number of imidazole rings is 1. The molecule has 4 rings (SSSR count). The first-order chi connectivity index (χ1) is 14.4. The van der Waals surface area contributed by atoms with Crippen LogP contribution in [0.1, 0.15) is 32.8 Å². The second kappa shape index (κ2) is 8.48. The Balaban J connectivity index is 1.37. The molecule has 1 fully saturated rings. The summed E-state index contributed by atoms with van der Waals surface area (Å²) >= 11 is 0. The molecule has 6 nitrogen and oxygen atoms in total. The molecule has 0 unspecified atom stereocenters. The van der Waals surface area contributed by atoms with Crippen LogP contribution in [0.5, 0.6) is 0 Å². The van der Waals surface area contributed by atoms with Crippen LogP contribution in [0.15, 0.2) is 48.5 Å². The zero-order chi connectivity index (χ0) is 21.1. The number of aromatic amines is 1. The van der Waals surface area contributed by atoms with Crippen LogP contribution in [-0.4, -0.2) is 53.5 Å². The number of aromatic nitrogens is 2. The number of para-hydroxylation sites is 3. The number of rotatable bonds is 4. The smallest absolute Gasteiger partial charge is 0.238 e. The fourth-order valence-corrected chi connectivity index (χ4v) is 4.07. The minimum absolute atomic E-state index is 0.0143. The van der Waals surface area contributed by atoms with Crippen molar-refractivity contribution in [2.24, 2.45) is 0 Å². The van der Waals surface area contributed by atoms with Crippen LogP contribution in [0.4, 0.5) is 11.6 Å². The Kier molecular flexibility index (Phi) is 5.77. The Labute approximate surface area is 178 Å². The molecule has 3 aromatic rings. The highest BCUT2D eigenvalue weighted by Crippen LogP contribution is 2.29. The lowest BCUT2D eigenvalue weighted by molar-refractivity contribution is -0.117. The minimum atomic E-state index is -0.0143. The quantitative estimate of drug-likeness (QED) is 0.688. The molecule has 2 N–H and O–H groups in total. The lowest BCUT2D eigenvalue weighted by Crippen LogP contribution is -2.36. The fraction of sp³-hybridized carbons (Fsp3) is 0.417. The third-order valence-corrected chi connectivity index (χ3v) is 5.64. The maximum absolute atomic E-state index is 12.8. The molecule has 0 saturated carbocycles. The van der Waals surface area contributed by atoms with Gasteiger partial charge in [0.1, 0.15) is 0 Å². The largest absolute Gasteiger partial charge is 0.341 e. The second-order valence-electron chi connectivity index (χ2n) is 9.04. The molecule has 0 spiro atoms. The zero-order valence-electron chi connectivity index (χ0n) is 18.1. The minimum Gasteiger partial charge on any atom is -0.341 e. The first kappa shape index (κ1) is 20.4. The van der Waals surface area contributed by atoms with E-state index in [4.69, 9.17) is 4.98 Å². The molecular weight excluding hydrogens is 374 g/mol. The molecule has 0 atom stereocenters. The van der Waals surface area contributed by atoms with Gasteiger partial charge in [-0.05, 0) is 35.6 Å². The summed E-state index contributed by atoms with van der Waals surface area (Å²) in [5.41, 5.74) is 4.11. The van der Waals surface area contributed by atoms with Gasteiger partial charge in [0, 0.05) is 31.9 Å². The van der Waals surface area contributed by atoms with Gasteiger partial charge in [-0.3, -0.25) is 9.69 Å². The van der Waals surface area contributed by atoms with Crippen LogP contribution in [0.3, 0.4) is 0 Å². The van der Waals surface area contributed by atoms with Gasteiger partial charge >= 0.3 is 0 Å². The summed E-state index contributed by atoms with van der Waals surface area (Å²) in [7, 11) is 0. The van der Waals surface area contributed by atoms with Crippen molar-refractivity contribution in [1.29, 1.82) is 0 Å². The highest BCUT2D eigenvalue weighted by atomic mass is 16.2. The first-order valence-electron chi connectivity index (χ1n) is 10.7. The van der Waals surface area contributed by atoms with Gasteiger partial charge in [-0.1, -0.05) is 51.1 Å². The molecule has 6 heteroatoms. The number of nitrogens with one attached hydrogen (secondary N) is 2. The Bertz CT molecular complexity index is 987. The van der Waals surface area contributed by atoms with Gasteiger partial charge in [-0.2, -0.15) is 0 Å². The Morgan fingerprint density at radius 3 is 2.60 bits per heavy atom. The number of hydrogen-bond donors (Lipinski definition) is 2.